The fourth-order valence-corrected chi connectivity index (χ4v) is 1.43. The van der Waals surface area contributed by atoms with Crippen LogP contribution in [0.1, 0.15) is 0 Å². The van der Waals surface area contributed by atoms with Crippen molar-refractivity contribution < 1.29 is 14.4 Å². The lowest BCUT2D eigenvalue weighted by Gasteiger charge is -2.06. The maximum Gasteiger partial charge on any atom is 0.323 e. The zero-order valence-corrected chi connectivity index (χ0v) is 9.96. The number of aromatic nitrogens is 1. The number of hydrogen-bond donors (Lipinski definition) is 2. The first-order valence-corrected chi connectivity index (χ1v) is 5.47. The van der Waals surface area contributed by atoms with Crippen LogP contribution in [-0.2, 0) is 0 Å². The van der Waals surface area contributed by atoms with Gasteiger partial charge in [-0.15, -0.1) is 0 Å². The molecule has 2 amide bonds. The van der Waals surface area contributed by atoms with Crippen molar-refractivity contribution in [3.8, 4) is 0 Å². The highest BCUT2D eigenvalue weighted by atomic mass is 16.6. The number of hydrogen-bond acceptors (Lipinski definition) is 2. The Kier molecular flexibility index (Phi) is 3.76. The van der Waals surface area contributed by atoms with Crippen molar-refractivity contribution in [1.82, 2.24) is 0 Å². The van der Waals surface area contributed by atoms with Crippen molar-refractivity contribution >= 4 is 17.4 Å². The molecule has 0 saturated heterocycles. The van der Waals surface area contributed by atoms with Crippen LogP contribution in [0.5, 0.6) is 0 Å². The average molecular weight is 244 g/mol. The Morgan fingerprint density at radius 3 is 2.11 bits per heavy atom. The van der Waals surface area contributed by atoms with Gasteiger partial charge < -0.3 is 10.6 Å². The summed E-state index contributed by atoms with van der Waals surface area (Å²) in [5.41, 5.74) is 1.44. The van der Waals surface area contributed by atoms with E-state index in [-0.39, 0.29) is 6.03 Å². The number of carbonyl (C=O) groups excluding carboxylic acids is 1. The van der Waals surface area contributed by atoms with Crippen LogP contribution in [0.25, 0.3) is 0 Å². The van der Waals surface area contributed by atoms with Gasteiger partial charge in [-0.25, -0.2) is 4.79 Å². The molecule has 2 aromatic rings. The molecular weight excluding hydrogens is 230 g/mol. The van der Waals surface area contributed by atoms with Crippen molar-refractivity contribution in [3.05, 3.63) is 54.9 Å². The molecule has 2 rings (SSSR count). The Labute approximate surface area is 105 Å². The fraction of sp³-hybridized carbons (Fsp3) is 0.0769. The smallest absolute Gasteiger partial charge is 0.308 e. The van der Waals surface area contributed by atoms with Crippen molar-refractivity contribution in [1.29, 1.82) is 0 Å². The maximum absolute atomic E-state index is 11.7. The molecule has 0 aliphatic heterocycles. The number of nitrogens with one attached hydrogen (secondary N) is 2. The Bertz CT molecular complexity index is 512. The van der Waals surface area contributed by atoms with E-state index in [0.29, 0.717) is 5.69 Å². The number of pyridine rings is 1. The van der Waals surface area contributed by atoms with Crippen LogP contribution < -0.4 is 20.2 Å². The third kappa shape index (κ3) is 3.21. The summed E-state index contributed by atoms with van der Waals surface area (Å²) in [6.45, 7) is 0. The molecule has 0 atom stereocenters. The third-order valence-electron chi connectivity index (χ3n) is 2.30. The molecule has 1 aromatic heterocycles. The second-order valence-corrected chi connectivity index (χ2v) is 3.57. The summed E-state index contributed by atoms with van der Waals surface area (Å²) >= 11 is 0. The van der Waals surface area contributed by atoms with E-state index < -0.39 is 0 Å². The molecule has 0 fully saturated rings. The van der Waals surface area contributed by atoms with Gasteiger partial charge in [0.05, 0.1) is 5.69 Å². The fourth-order valence-electron chi connectivity index (χ4n) is 1.43. The Hall–Kier alpha value is -2.56. The van der Waals surface area contributed by atoms with Gasteiger partial charge in [-0.2, -0.15) is 0 Å². The molecular formula is C13H14N3O2+. The zero-order chi connectivity index (χ0) is 12.8. The Morgan fingerprint density at radius 1 is 1.00 bits per heavy atom. The van der Waals surface area contributed by atoms with Gasteiger partial charge in [-0.05, 0) is 12.1 Å². The van der Waals surface area contributed by atoms with Gasteiger partial charge in [0.15, 0.2) is 0 Å². The van der Waals surface area contributed by atoms with Gasteiger partial charge in [0.1, 0.15) is 7.11 Å². The topological polar surface area (TPSA) is 54.2 Å². The van der Waals surface area contributed by atoms with E-state index >= 15 is 0 Å². The molecule has 0 aliphatic rings. The number of rotatable bonds is 3. The van der Waals surface area contributed by atoms with E-state index in [9.17, 15) is 4.79 Å². The molecule has 0 unspecified atom stereocenters. The molecule has 2 N–H and O–H groups in total. The largest absolute Gasteiger partial charge is 0.323 e. The van der Waals surface area contributed by atoms with Crippen molar-refractivity contribution in [2.45, 2.75) is 0 Å². The number of benzene rings is 1. The van der Waals surface area contributed by atoms with Gasteiger partial charge in [-0.1, -0.05) is 18.2 Å². The highest BCUT2D eigenvalue weighted by molar-refractivity contribution is 5.99. The van der Waals surface area contributed by atoms with Gasteiger partial charge in [-0.3, -0.25) is 4.84 Å². The predicted octanol–water partition coefficient (Wildman–Crippen LogP) is 1.68. The number of nitrogens with zero attached hydrogens (tertiary/aromatic N) is 1. The van der Waals surface area contributed by atoms with Crippen molar-refractivity contribution in [2.75, 3.05) is 17.7 Å². The van der Waals surface area contributed by atoms with Gasteiger partial charge >= 0.3 is 6.03 Å². The minimum atomic E-state index is -0.281. The molecule has 1 heterocycles. The third-order valence-corrected chi connectivity index (χ3v) is 2.30. The second-order valence-electron chi connectivity index (χ2n) is 3.57. The molecule has 0 bridgehead atoms. The summed E-state index contributed by atoms with van der Waals surface area (Å²) in [6, 6.07) is 12.5. The summed E-state index contributed by atoms with van der Waals surface area (Å²) < 4.78 is 1.53. The summed E-state index contributed by atoms with van der Waals surface area (Å²) in [6.07, 6.45) is 3.41. The van der Waals surface area contributed by atoms with Crippen LogP contribution in [0.2, 0.25) is 0 Å². The number of carbonyl (C=O) groups is 1. The summed E-state index contributed by atoms with van der Waals surface area (Å²) in [4.78, 5) is 16.6. The molecule has 5 nitrogen and oxygen atoms in total. The van der Waals surface area contributed by atoms with Crippen LogP contribution in [0, 0.1) is 0 Å². The zero-order valence-electron chi connectivity index (χ0n) is 9.96. The Balaban J connectivity index is 1.94. The molecule has 0 saturated carbocycles. The van der Waals surface area contributed by atoms with Crippen LogP contribution in [0.3, 0.4) is 0 Å². The lowest BCUT2D eigenvalue weighted by Crippen LogP contribution is -2.39. The van der Waals surface area contributed by atoms with Crippen LogP contribution in [-0.4, -0.2) is 13.1 Å². The molecule has 18 heavy (non-hydrogen) atoms. The summed E-state index contributed by atoms with van der Waals surface area (Å²) in [5, 5.41) is 5.45. The van der Waals surface area contributed by atoms with Crippen molar-refractivity contribution in [2.24, 2.45) is 0 Å². The van der Waals surface area contributed by atoms with E-state index in [1.54, 1.807) is 31.6 Å². The number of para-hydroxylation sites is 1. The van der Waals surface area contributed by atoms with Gasteiger partial charge in [0.2, 0.25) is 12.4 Å². The number of amides is 2. The first-order chi connectivity index (χ1) is 8.78. The van der Waals surface area contributed by atoms with E-state index in [1.165, 1.54) is 4.73 Å². The maximum atomic E-state index is 11.7. The van der Waals surface area contributed by atoms with Crippen LogP contribution in [0.15, 0.2) is 54.9 Å². The lowest BCUT2D eigenvalue weighted by atomic mass is 10.3. The SMILES string of the molecule is CO[n+]1ccc(NC(=O)Nc2ccccc2)cc1. The molecule has 0 spiro atoms. The minimum Gasteiger partial charge on any atom is -0.308 e. The van der Waals surface area contributed by atoms with Gasteiger partial charge in [0, 0.05) is 22.6 Å². The van der Waals surface area contributed by atoms with Crippen molar-refractivity contribution in [3.63, 3.8) is 0 Å². The molecule has 92 valence electrons. The standard InChI is InChI=1S/C13H13N3O2/c1-18-16-9-7-12(8-10-16)15-13(17)14-11-5-3-2-4-6-11/h2-10H,1H3,(H,14,17)/p+1. The average Bonchev–Trinajstić information content (AvgIpc) is 2.40. The molecule has 5 heteroatoms. The summed E-state index contributed by atoms with van der Waals surface area (Å²) in [7, 11) is 1.56. The molecule has 0 aliphatic carbocycles. The number of urea groups is 1. The molecule has 1 aromatic carbocycles. The Morgan fingerprint density at radius 2 is 1.56 bits per heavy atom. The second kappa shape index (κ2) is 5.67. The van der Waals surface area contributed by atoms with E-state index in [1.807, 2.05) is 30.3 Å². The van der Waals surface area contributed by atoms with E-state index in [0.717, 1.165) is 5.69 Å². The molecule has 0 radical (unpaired) electrons. The first kappa shape index (κ1) is 11.9. The van der Waals surface area contributed by atoms with Crippen LogP contribution >= 0.6 is 0 Å². The predicted molar refractivity (Wildman–Crippen MR) is 68.2 cm³/mol. The van der Waals surface area contributed by atoms with Crippen LogP contribution in [0.4, 0.5) is 16.2 Å². The first-order valence-electron chi connectivity index (χ1n) is 5.47. The highest BCUT2D eigenvalue weighted by Crippen LogP contribution is 2.07. The van der Waals surface area contributed by atoms with E-state index in [2.05, 4.69) is 10.6 Å². The van der Waals surface area contributed by atoms with E-state index in [4.69, 9.17) is 4.84 Å². The lowest BCUT2D eigenvalue weighted by molar-refractivity contribution is -0.885. The minimum absolute atomic E-state index is 0.281. The quantitative estimate of drug-likeness (QED) is 0.807. The normalized spacial score (nSPS) is 9.61. The summed E-state index contributed by atoms with van der Waals surface area (Å²) in [5.74, 6) is 0. The number of anilines is 2. The highest BCUT2D eigenvalue weighted by Gasteiger charge is 2.04. The monoisotopic (exact) mass is 244 g/mol. The van der Waals surface area contributed by atoms with Gasteiger partial charge in [0.25, 0.3) is 0 Å².